The summed E-state index contributed by atoms with van der Waals surface area (Å²) in [6, 6.07) is 8.17. The predicted molar refractivity (Wildman–Crippen MR) is 137 cm³/mol. The third kappa shape index (κ3) is 7.39. The Morgan fingerprint density at radius 2 is 1.63 bits per heavy atom. The molecule has 0 aliphatic heterocycles. The Labute approximate surface area is 219 Å². The molecule has 2 aromatic rings. The molecular weight excluding hydrogens is 498 g/mol. The molecule has 0 bridgehead atoms. The molecule has 1 aliphatic carbocycles. The van der Waals surface area contributed by atoms with Crippen LogP contribution in [0.15, 0.2) is 47.4 Å². The first kappa shape index (κ1) is 28.8. The summed E-state index contributed by atoms with van der Waals surface area (Å²) in [6.07, 6.45) is 3.63. The van der Waals surface area contributed by atoms with Gasteiger partial charge in [0.2, 0.25) is 11.8 Å². The molecule has 1 aromatic carbocycles. The van der Waals surface area contributed by atoms with E-state index >= 15 is 0 Å². The van der Waals surface area contributed by atoms with E-state index in [0.717, 1.165) is 31.5 Å². The predicted octanol–water partition coefficient (Wildman–Crippen LogP) is 3.65. The Hall–Kier alpha value is -3.76. The van der Waals surface area contributed by atoms with E-state index in [9.17, 15) is 28.0 Å². The molecule has 1 heterocycles. The summed E-state index contributed by atoms with van der Waals surface area (Å²) < 4.78 is 31.8. The Morgan fingerprint density at radius 1 is 1.03 bits per heavy atom. The summed E-state index contributed by atoms with van der Waals surface area (Å²) in [6.45, 7) is 2.22. The summed E-state index contributed by atoms with van der Waals surface area (Å²) >= 11 is 0. The van der Waals surface area contributed by atoms with E-state index in [1.165, 1.54) is 6.07 Å². The highest BCUT2D eigenvalue weighted by Crippen LogP contribution is 2.29. The van der Waals surface area contributed by atoms with Gasteiger partial charge in [0.25, 0.3) is 5.56 Å². The Balaban J connectivity index is 1.75. The van der Waals surface area contributed by atoms with Gasteiger partial charge in [-0.15, -0.1) is 0 Å². The molecule has 1 aliphatic rings. The minimum Gasteiger partial charge on any atom is -0.444 e. The number of ether oxygens (including phenoxy) is 1. The lowest BCUT2D eigenvalue weighted by Crippen LogP contribution is -2.63. The van der Waals surface area contributed by atoms with Crippen LogP contribution in [0.25, 0.3) is 11.1 Å². The van der Waals surface area contributed by atoms with Gasteiger partial charge in [-0.1, -0.05) is 43.5 Å². The van der Waals surface area contributed by atoms with Gasteiger partial charge in [-0.3, -0.25) is 19.0 Å². The van der Waals surface area contributed by atoms with Gasteiger partial charge in [0.05, 0.1) is 0 Å². The summed E-state index contributed by atoms with van der Waals surface area (Å²) in [5.74, 6) is -1.24. The van der Waals surface area contributed by atoms with Crippen molar-refractivity contribution < 1.29 is 27.9 Å². The van der Waals surface area contributed by atoms with Crippen molar-refractivity contribution in [3.05, 3.63) is 58.5 Å². The maximum absolute atomic E-state index is 13.4. The standard InChI is InChI=1S/C27H34F2N4O5/c1-26(2,3)38-25(37)32-27(13-5-4-6-14-27)23(36)31-20(22(30)35)15-17-7-9-18(10-8-17)19-11-12-21(34)33(16-19)24(28)29/h7-12,16,20,24H,4-6,13-15H2,1-3H3,(H2,30,35)(H,31,36)(H,32,37)/t20-/m0/s1. The summed E-state index contributed by atoms with van der Waals surface area (Å²) in [5, 5.41) is 5.45. The first-order valence-electron chi connectivity index (χ1n) is 12.5. The Morgan fingerprint density at radius 3 is 2.18 bits per heavy atom. The van der Waals surface area contributed by atoms with Crippen molar-refractivity contribution in [2.75, 3.05) is 0 Å². The number of pyridine rings is 1. The molecule has 4 N–H and O–H groups in total. The number of amides is 3. The Kier molecular flexibility index (Phi) is 8.90. The number of hydrogen-bond acceptors (Lipinski definition) is 5. The average molecular weight is 533 g/mol. The number of nitrogens with zero attached hydrogens (tertiary/aromatic N) is 1. The fourth-order valence-corrected chi connectivity index (χ4v) is 4.48. The number of alkyl halides is 2. The number of nitrogens with two attached hydrogens (primary N) is 1. The molecule has 0 unspecified atom stereocenters. The lowest BCUT2D eigenvalue weighted by Gasteiger charge is -2.37. The number of aromatic nitrogens is 1. The van der Waals surface area contributed by atoms with Crippen molar-refractivity contribution >= 4 is 17.9 Å². The molecule has 38 heavy (non-hydrogen) atoms. The van der Waals surface area contributed by atoms with E-state index in [-0.39, 0.29) is 6.42 Å². The molecular formula is C27H34F2N4O5. The third-order valence-corrected chi connectivity index (χ3v) is 6.41. The van der Waals surface area contributed by atoms with Gasteiger partial charge in [-0.05, 0) is 56.4 Å². The molecule has 1 aromatic heterocycles. The number of rotatable bonds is 8. The van der Waals surface area contributed by atoms with E-state index in [1.54, 1.807) is 45.0 Å². The fourth-order valence-electron chi connectivity index (χ4n) is 4.48. The lowest BCUT2D eigenvalue weighted by atomic mass is 9.80. The highest BCUT2D eigenvalue weighted by atomic mass is 19.3. The molecule has 11 heteroatoms. The molecule has 3 rings (SSSR count). The van der Waals surface area contributed by atoms with Crippen molar-refractivity contribution in [2.45, 2.75) is 83.0 Å². The summed E-state index contributed by atoms with van der Waals surface area (Å²) in [4.78, 5) is 49.8. The van der Waals surface area contributed by atoms with Crippen LogP contribution in [0.5, 0.6) is 0 Å². The van der Waals surface area contributed by atoms with E-state index in [0.29, 0.717) is 34.1 Å². The number of alkyl carbamates (subject to hydrolysis) is 1. The van der Waals surface area contributed by atoms with Crippen molar-refractivity contribution in [1.82, 2.24) is 15.2 Å². The van der Waals surface area contributed by atoms with Gasteiger partial charge in [0.1, 0.15) is 17.2 Å². The highest BCUT2D eigenvalue weighted by Gasteiger charge is 2.43. The van der Waals surface area contributed by atoms with Gasteiger partial charge in [-0.25, -0.2) is 4.79 Å². The smallest absolute Gasteiger partial charge is 0.408 e. The van der Waals surface area contributed by atoms with Crippen molar-refractivity contribution in [3.63, 3.8) is 0 Å². The zero-order valence-corrected chi connectivity index (χ0v) is 21.8. The fraction of sp³-hybridized carbons (Fsp3) is 0.481. The van der Waals surface area contributed by atoms with Gasteiger partial charge in [0.15, 0.2) is 0 Å². The zero-order valence-electron chi connectivity index (χ0n) is 21.8. The van der Waals surface area contributed by atoms with Crippen LogP contribution in [0.1, 0.15) is 65.0 Å². The molecule has 1 atom stereocenters. The van der Waals surface area contributed by atoms with E-state index in [2.05, 4.69) is 10.6 Å². The summed E-state index contributed by atoms with van der Waals surface area (Å²) in [7, 11) is 0. The first-order valence-corrected chi connectivity index (χ1v) is 12.5. The number of benzene rings is 1. The maximum atomic E-state index is 13.4. The number of nitrogens with one attached hydrogen (secondary N) is 2. The SMILES string of the molecule is CC(C)(C)OC(=O)NC1(C(=O)N[C@@H](Cc2ccc(-c3ccc(=O)n(C(F)F)c3)cc2)C(N)=O)CCCCC1. The van der Waals surface area contributed by atoms with Crippen molar-refractivity contribution in [2.24, 2.45) is 5.73 Å². The second-order valence-electron chi connectivity index (χ2n) is 10.5. The minimum atomic E-state index is -2.96. The van der Waals surface area contributed by atoms with Gasteiger partial charge < -0.3 is 21.1 Å². The first-order chi connectivity index (χ1) is 17.8. The monoisotopic (exact) mass is 532 g/mol. The van der Waals surface area contributed by atoms with Crippen LogP contribution in [0.3, 0.4) is 0 Å². The van der Waals surface area contributed by atoms with Crippen LogP contribution < -0.4 is 21.9 Å². The zero-order chi connectivity index (χ0) is 28.1. The van der Waals surface area contributed by atoms with E-state index < -0.39 is 47.2 Å². The second kappa shape index (κ2) is 11.7. The van der Waals surface area contributed by atoms with Crippen LogP contribution >= 0.6 is 0 Å². The van der Waals surface area contributed by atoms with Crippen molar-refractivity contribution in [1.29, 1.82) is 0 Å². The third-order valence-electron chi connectivity index (χ3n) is 6.41. The molecule has 1 fully saturated rings. The number of carbonyl (C=O) groups is 3. The van der Waals surface area contributed by atoms with Crippen LogP contribution in [-0.4, -0.2) is 39.7 Å². The van der Waals surface area contributed by atoms with Crippen LogP contribution in [-0.2, 0) is 20.7 Å². The van der Waals surface area contributed by atoms with E-state index in [4.69, 9.17) is 10.5 Å². The molecule has 3 amide bonds. The number of halogens is 2. The van der Waals surface area contributed by atoms with E-state index in [1.807, 2.05) is 0 Å². The molecule has 1 saturated carbocycles. The maximum Gasteiger partial charge on any atom is 0.408 e. The quantitative estimate of drug-likeness (QED) is 0.477. The van der Waals surface area contributed by atoms with Gasteiger partial charge in [-0.2, -0.15) is 8.78 Å². The van der Waals surface area contributed by atoms with Gasteiger partial charge in [0, 0.05) is 18.7 Å². The lowest BCUT2D eigenvalue weighted by molar-refractivity contribution is -0.133. The molecule has 0 spiro atoms. The Bertz CT molecular complexity index is 1220. The second-order valence-corrected chi connectivity index (χ2v) is 10.5. The largest absolute Gasteiger partial charge is 0.444 e. The van der Waals surface area contributed by atoms with Crippen LogP contribution in [0, 0.1) is 0 Å². The number of hydrogen-bond donors (Lipinski definition) is 3. The molecule has 0 radical (unpaired) electrons. The molecule has 0 saturated heterocycles. The van der Waals surface area contributed by atoms with Gasteiger partial charge >= 0.3 is 12.6 Å². The number of primary amides is 1. The number of carbonyl (C=O) groups excluding carboxylic acids is 3. The topological polar surface area (TPSA) is 133 Å². The minimum absolute atomic E-state index is 0.0837. The highest BCUT2D eigenvalue weighted by molar-refractivity contribution is 5.94. The summed E-state index contributed by atoms with van der Waals surface area (Å²) in [5.41, 5.74) is 4.51. The molecule has 9 nitrogen and oxygen atoms in total. The van der Waals surface area contributed by atoms with Crippen molar-refractivity contribution in [3.8, 4) is 11.1 Å². The molecule has 206 valence electrons. The van der Waals surface area contributed by atoms with Crippen LogP contribution in [0.2, 0.25) is 0 Å². The normalized spacial score (nSPS) is 15.9. The van der Waals surface area contributed by atoms with Crippen LogP contribution in [0.4, 0.5) is 13.6 Å². The average Bonchev–Trinajstić information content (AvgIpc) is 2.83.